The third-order valence-corrected chi connectivity index (χ3v) is 2.53. The number of carbonyl (C=O) groups is 1. The fourth-order valence-corrected chi connectivity index (χ4v) is 1.15. The fraction of sp³-hybridized carbons (Fsp3) is 0.533. The van der Waals surface area contributed by atoms with E-state index in [0.717, 1.165) is 25.8 Å². The number of nitrogens with one attached hydrogen (secondary N) is 1. The second kappa shape index (κ2) is 11.2. The van der Waals surface area contributed by atoms with Gasteiger partial charge in [-0.05, 0) is 31.8 Å². The first-order chi connectivity index (χ1) is 8.20. The smallest absolute Gasteiger partial charge is 0.243 e. The summed E-state index contributed by atoms with van der Waals surface area (Å²) in [5.74, 6) is 0.568. The molecule has 0 radical (unpaired) electrons. The van der Waals surface area contributed by atoms with Crippen LogP contribution in [0, 0.1) is 5.92 Å². The molecular formula is C15H25NO. The van der Waals surface area contributed by atoms with Crippen molar-refractivity contribution in [2.45, 2.75) is 40.0 Å². The second-order valence-electron chi connectivity index (χ2n) is 4.19. The Morgan fingerprint density at radius 1 is 1.24 bits per heavy atom. The van der Waals surface area contributed by atoms with Crippen LogP contribution in [0.4, 0.5) is 0 Å². The van der Waals surface area contributed by atoms with Crippen LogP contribution in [-0.4, -0.2) is 12.5 Å². The van der Waals surface area contributed by atoms with Gasteiger partial charge in [0.15, 0.2) is 0 Å². The van der Waals surface area contributed by atoms with Gasteiger partial charge in [0.05, 0.1) is 0 Å². The van der Waals surface area contributed by atoms with Crippen LogP contribution in [-0.2, 0) is 4.79 Å². The zero-order valence-electron chi connectivity index (χ0n) is 11.3. The van der Waals surface area contributed by atoms with Crippen LogP contribution in [0.15, 0.2) is 36.5 Å². The SMILES string of the molecule is C/C=C/C=C\CC/C=C/C(=O)NCC(C)CC. The minimum absolute atomic E-state index is 0.0164. The monoisotopic (exact) mass is 235 g/mol. The number of hydrogen-bond donors (Lipinski definition) is 1. The molecule has 2 heteroatoms. The van der Waals surface area contributed by atoms with Crippen molar-refractivity contribution in [3.05, 3.63) is 36.5 Å². The molecule has 0 aromatic heterocycles. The van der Waals surface area contributed by atoms with E-state index in [9.17, 15) is 4.79 Å². The van der Waals surface area contributed by atoms with E-state index in [2.05, 4.69) is 25.2 Å². The minimum atomic E-state index is 0.0164. The summed E-state index contributed by atoms with van der Waals surface area (Å²) in [6, 6.07) is 0. The first kappa shape index (κ1) is 15.7. The van der Waals surface area contributed by atoms with Gasteiger partial charge in [0.25, 0.3) is 0 Å². The molecule has 0 bridgehead atoms. The fourth-order valence-electron chi connectivity index (χ4n) is 1.15. The van der Waals surface area contributed by atoms with Crippen molar-refractivity contribution in [2.75, 3.05) is 6.54 Å². The molecule has 0 heterocycles. The summed E-state index contributed by atoms with van der Waals surface area (Å²) in [5, 5.41) is 2.89. The summed E-state index contributed by atoms with van der Waals surface area (Å²) >= 11 is 0. The van der Waals surface area contributed by atoms with E-state index in [-0.39, 0.29) is 5.91 Å². The Kier molecular flexibility index (Phi) is 10.3. The molecule has 0 rings (SSSR count). The van der Waals surface area contributed by atoms with E-state index in [0.29, 0.717) is 5.92 Å². The summed E-state index contributed by atoms with van der Waals surface area (Å²) in [6.07, 6.45) is 14.7. The Hall–Kier alpha value is -1.31. The van der Waals surface area contributed by atoms with E-state index in [1.807, 2.05) is 31.2 Å². The van der Waals surface area contributed by atoms with Crippen LogP contribution in [0.1, 0.15) is 40.0 Å². The Labute approximate surface area is 105 Å². The Balaban J connectivity index is 3.60. The average Bonchev–Trinajstić information content (AvgIpc) is 2.34. The van der Waals surface area contributed by atoms with Crippen LogP contribution in [0.5, 0.6) is 0 Å². The molecule has 0 saturated carbocycles. The number of allylic oxidation sites excluding steroid dienone is 5. The van der Waals surface area contributed by atoms with Crippen LogP contribution >= 0.6 is 0 Å². The molecule has 0 aromatic rings. The van der Waals surface area contributed by atoms with Crippen LogP contribution in [0.2, 0.25) is 0 Å². The second-order valence-corrected chi connectivity index (χ2v) is 4.19. The van der Waals surface area contributed by atoms with E-state index in [1.165, 1.54) is 0 Å². The number of amides is 1. The molecular weight excluding hydrogens is 210 g/mol. The number of rotatable bonds is 8. The highest BCUT2D eigenvalue weighted by molar-refractivity contribution is 5.87. The number of carbonyl (C=O) groups excluding carboxylic acids is 1. The third kappa shape index (κ3) is 11.0. The van der Waals surface area contributed by atoms with E-state index in [1.54, 1.807) is 6.08 Å². The number of unbranched alkanes of at least 4 members (excludes halogenated alkanes) is 1. The van der Waals surface area contributed by atoms with Gasteiger partial charge in [-0.25, -0.2) is 0 Å². The summed E-state index contributed by atoms with van der Waals surface area (Å²) in [7, 11) is 0. The lowest BCUT2D eigenvalue weighted by Crippen LogP contribution is -2.26. The molecule has 0 aliphatic rings. The van der Waals surface area contributed by atoms with Crippen LogP contribution < -0.4 is 5.32 Å². The lowest BCUT2D eigenvalue weighted by atomic mass is 10.1. The molecule has 96 valence electrons. The van der Waals surface area contributed by atoms with Gasteiger partial charge in [-0.2, -0.15) is 0 Å². The van der Waals surface area contributed by atoms with Crippen molar-refractivity contribution in [1.82, 2.24) is 5.32 Å². The van der Waals surface area contributed by atoms with Crippen molar-refractivity contribution in [1.29, 1.82) is 0 Å². The maximum absolute atomic E-state index is 11.4. The van der Waals surface area contributed by atoms with Gasteiger partial charge >= 0.3 is 0 Å². The molecule has 0 spiro atoms. The van der Waals surface area contributed by atoms with Gasteiger partial charge in [-0.15, -0.1) is 0 Å². The lowest BCUT2D eigenvalue weighted by molar-refractivity contribution is -0.116. The average molecular weight is 235 g/mol. The summed E-state index contributed by atoms with van der Waals surface area (Å²) < 4.78 is 0. The molecule has 1 N–H and O–H groups in total. The van der Waals surface area contributed by atoms with Gasteiger partial charge in [-0.1, -0.05) is 50.6 Å². The Bertz CT molecular complexity index is 277. The maximum atomic E-state index is 11.4. The minimum Gasteiger partial charge on any atom is -0.352 e. The summed E-state index contributed by atoms with van der Waals surface area (Å²) in [6.45, 7) is 7.02. The van der Waals surface area contributed by atoms with Gasteiger partial charge in [0, 0.05) is 6.54 Å². The van der Waals surface area contributed by atoms with Crippen molar-refractivity contribution >= 4 is 5.91 Å². The van der Waals surface area contributed by atoms with Crippen molar-refractivity contribution in [3.8, 4) is 0 Å². The number of hydrogen-bond acceptors (Lipinski definition) is 1. The largest absolute Gasteiger partial charge is 0.352 e. The topological polar surface area (TPSA) is 29.1 Å². The van der Waals surface area contributed by atoms with Gasteiger partial charge in [0.2, 0.25) is 5.91 Å². The Morgan fingerprint density at radius 3 is 2.59 bits per heavy atom. The standard InChI is InChI=1S/C15H25NO/c1-4-6-7-8-9-10-11-12-15(17)16-13-14(3)5-2/h4,6-8,11-12,14H,5,9-10,13H2,1-3H3,(H,16,17)/b6-4+,8-7-,12-11+. The van der Waals surface area contributed by atoms with Crippen LogP contribution in [0.25, 0.3) is 0 Å². The molecule has 17 heavy (non-hydrogen) atoms. The van der Waals surface area contributed by atoms with Gasteiger partial charge < -0.3 is 5.32 Å². The maximum Gasteiger partial charge on any atom is 0.243 e. The summed E-state index contributed by atoms with van der Waals surface area (Å²) in [4.78, 5) is 11.4. The first-order valence-electron chi connectivity index (χ1n) is 6.42. The van der Waals surface area contributed by atoms with Gasteiger partial charge in [0.1, 0.15) is 0 Å². The lowest BCUT2D eigenvalue weighted by Gasteiger charge is -2.07. The Morgan fingerprint density at radius 2 is 1.94 bits per heavy atom. The van der Waals surface area contributed by atoms with Gasteiger partial charge in [-0.3, -0.25) is 4.79 Å². The predicted octanol–water partition coefficient (Wildman–Crippen LogP) is 3.62. The zero-order chi connectivity index (χ0) is 12.9. The molecule has 1 amide bonds. The predicted molar refractivity (Wildman–Crippen MR) is 74.8 cm³/mol. The third-order valence-electron chi connectivity index (χ3n) is 2.53. The summed E-state index contributed by atoms with van der Waals surface area (Å²) in [5.41, 5.74) is 0. The molecule has 0 fully saturated rings. The molecule has 1 atom stereocenters. The van der Waals surface area contributed by atoms with Crippen molar-refractivity contribution < 1.29 is 4.79 Å². The van der Waals surface area contributed by atoms with Crippen molar-refractivity contribution in [3.63, 3.8) is 0 Å². The zero-order valence-corrected chi connectivity index (χ0v) is 11.3. The first-order valence-corrected chi connectivity index (χ1v) is 6.42. The molecule has 1 unspecified atom stereocenters. The van der Waals surface area contributed by atoms with E-state index < -0.39 is 0 Å². The highest BCUT2D eigenvalue weighted by atomic mass is 16.1. The quantitative estimate of drug-likeness (QED) is 0.388. The highest BCUT2D eigenvalue weighted by Crippen LogP contribution is 1.97. The van der Waals surface area contributed by atoms with E-state index >= 15 is 0 Å². The molecule has 0 aromatic carbocycles. The van der Waals surface area contributed by atoms with Crippen LogP contribution in [0.3, 0.4) is 0 Å². The van der Waals surface area contributed by atoms with Crippen molar-refractivity contribution in [2.24, 2.45) is 5.92 Å². The molecule has 0 aliphatic heterocycles. The highest BCUT2D eigenvalue weighted by Gasteiger charge is 1.99. The molecule has 0 aliphatic carbocycles. The van der Waals surface area contributed by atoms with E-state index in [4.69, 9.17) is 0 Å². The normalized spacial score (nSPS) is 13.8. The molecule has 0 saturated heterocycles. The molecule has 2 nitrogen and oxygen atoms in total.